The molecular formula is C19H18N4O. The fraction of sp³-hybridized carbons (Fsp3) is 0.105. The van der Waals surface area contributed by atoms with E-state index in [1.165, 1.54) is 5.56 Å². The molecule has 0 radical (unpaired) electrons. The van der Waals surface area contributed by atoms with Crippen molar-refractivity contribution in [1.82, 2.24) is 4.98 Å². The number of carbonyl (C=O) groups is 1. The molecule has 2 aromatic carbocycles. The fourth-order valence-electron chi connectivity index (χ4n) is 2.77. The van der Waals surface area contributed by atoms with Crippen LogP contribution >= 0.6 is 0 Å². The number of carbonyl (C=O) groups excluding carboxylic acids is 1. The van der Waals surface area contributed by atoms with Crippen LogP contribution in [-0.2, 0) is 0 Å². The van der Waals surface area contributed by atoms with Crippen molar-refractivity contribution in [2.75, 3.05) is 0 Å². The van der Waals surface area contributed by atoms with Gasteiger partial charge in [0.1, 0.15) is 0 Å². The van der Waals surface area contributed by atoms with E-state index in [4.69, 9.17) is 16.5 Å². The molecule has 120 valence electrons. The minimum atomic E-state index is -0.473. The number of nitrogens with zero attached hydrogens (tertiary/aromatic N) is 2. The van der Waals surface area contributed by atoms with E-state index < -0.39 is 5.91 Å². The van der Waals surface area contributed by atoms with Crippen LogP contribution in [-0.4, -0.2) is 16.9 Å². The van der Waals surface area contributed by atoms with Crippen molar-refractivity contribution >= 4 is 22.8 Å². The largest absolute Gasteiger partial charge is 0.370 e. The van der Waals surface area contributed by atoms with Crippen molar-refractivity contribution < 1.29 is 4.79 Å². The Morgan fingerprint density at radius 3 is 2.50 bits per heavy atom. The molecule has 0 fully saturated rings. The Bertz CT molecular complexity index is 972. The molecule has 0 aliphatic carbocycles. The van der Waals surface area contributed by atoms with E-state index in [1.54, 1.807) is 6.07 Å². The van der Waals surface area contributed by atoms with Gasteiger partial charge in [-0.2, -0.15) is 4.99 Å². The second-order valence-electron chi connectivity index (χ2n) is 5.73. The van der Waals surface area contributed by atoms with Gasteiger partial charge in [0.25, 0.3) is 5.91 Å². The van der Waals surface area contributed by atoms with E-state index in [0.717, 1.165) is 27.7 Å². The minimum absolute atomic E-state index is 0.256. The summed E-state index contributed by atoms with van der Waals surface area (Å²) < 4.78 is 0. The van der Waals surface area contributed by atoms with E-state index in [1.807, 2.05) is 50.2 Å². The Morgan fingerprint density at radius 1 is 1.04 bits per heavy atom. The van der Waals surface area contributed by atoms with Crippen LogP contribution in [0.25, 0.3) is 22.2 Å². The second kappa shape index (κ2) is 6.12. The molecule has 4 N–H and O–H groups in total. The molecule has 5 heteroatoms. The fourth-order valence-corrected chi connectivity index (χ4v) is 2.77. The van der Waals surface area contributed by atoms with Crippen LogP contribution in [0.2, 0.25) is 0 Å². The summed E-state index contributed by atoms with van der Waals surface area (Å²) in [5, 5.41) is 0.723. The van der Waals surface area contributed by atoms with Gasteiger partial charge in [-0.1, -0.05) is 42.0 Å². The number of benzene rings is 2. The highest BCUT2D eigenvalue weighted by Gasteiger charge is 2.14. The molecule has 1 aromatic heterocycles. The number of hydrogen-bond acceptors (Lipinski definition) is 2. The van der Waals surface area contributed by atoms with Gasteiger partial charge in [0.05, 0.1) is 16.8 Å². The zero-order valence-corrected chi connectivity index (χ0v) is 13.6. The third kappa shape index (κ3) is 2.96. The van der Waals surface area contributed by atoms with Gasteiger partial charge in [-0.25, -0.2) is 4.98 Å². The van der Waals surface area contributed by atoms with Gasteiger partial charge in [-0.3, -0.25) is 4.79 Å². The van der Waals surface area contributed by atoms with Crippen molar-refractivity contribution in [3.05, 3.63) is 65.2 Å². The number of hydrogen-bond donors (Lipinski definition) is 2. The topological polar surface area (TPSA) is 94.4 Å². The SMILES string of the molecule is Cc1ccc(-c2cc(C(=O)N=C(N)N)c3ccccc3n2)c(C)c1. The lowest BCUT2D eigenvalue weighted by atomic mass is 9.99. The molecule has 3 rings (SSSR count). The van der Waals surface area contributed by atoms with E-state index in [-0.39, 0.29) is 5.96 Å². The second-order valence-corrected chi connectivity index (χ2v) is 5.73. The Balaban J connectivity index is 2.27. The average Bonchev–Trinajstić information content (AvgIpc) is 2.53. The number of nitrogens with two attached hydrogens (primary N) is 2. The standard InChI is InChI=1S/C19H18N4O/c1-11-7-8-13(12(2)9-11)17-10-15(18(24)23-19(20)21)14-5-3-4-6-16(14)22-17/h3-10H,1-2H3,(H4,20,21,23,24). The zero-order valence-electron chi connectivity index (χ0n) is 13.6. The van der Waals surface area contributed by atoms with Crippen LogP contribution in [0, 0.1) is 13.8 Å². The molecule has 0 spiro atoms. The highest BCUT2D eigenvalue weighted by atomic mass is 16.1. The molecule has 0 atom stereocenters. The lowest BCUT2D eigenvalue weighted by Crippen LogP contribution is -2.24. The maximum atomic E-state index is 12.4. The van der Waals surface area contributed by atoms with Crippen molar-refractivity contribution in [3.63, 3.8) is 0 Å². The number of aliphatic imine (C=N–C) groups is 1. The van der Waals surface area contributed by atoms with Crippen LogP contribution in [0.5, 0.6) is 0 Å². The van der Waals surface area contributed by atoms with Crippen LogP contribution < -0.4 is 11.5 Å². The Kier molecular flexibility index (Phi) is 4.00. The molecule has 1 heterocycles. The third-order valence-corrected chi connectivity index (χ3v) is 3.84. The predicted octanol–water partition coefficient (Wildman–Crippen LogP) is 2.93. The minimum Gasteiger partial charge on any atom is -0.370 e. The molecule has 0 saturated carbocycles. The maximum Gasteiger partial charge on any atom is 0.280 e. The van der Waals surface area contributed by atoms with Gasteiger partial charge in [-0.05, 0) is 31.5 Å². The first-order valence-corrected chi connectivity index (χ1v) is 7.57. The monoisotopic (exact) mass is 318 g/mol. The zero-order chi connectivity index (χ0) is 17.3. The van der Waals surface area contributed by atoms with Gasteiger partial charge >= 0.3 is 0 Å². The van der Waals surface area contributed by atoms with Crippen molar-refractivity contribution in [2.45, 2.75) is 13.8 Å². The summed E-state index contributed by atoms with van der Waals surface area (Å²) in [7, 11) is 0. The normalized spacial score (nSPS) is 10.6. The summed E-state index contributed by atoms with van der Waals surface area (Å²) in [5.74, 6) is -0.728. The average molecular weight is 318 g/mol. The summed E-state index contributed by atoms with van der Waals surface area (Å²) in [4.78, 5) is 20.8. The number of rotatable bonds is 2. The number of fused-ring (bicyclic) bond motifs is 1. The Hall–Kier alpha value is -3.21. The van der Waals surface area contributed by atoms with E-state index in [0.29, 0.717) is 5.56 Å². The highest BCUT2D eigenvalue weighted by molar-refractivity contribution is 6.10. The van der Waals surface area contributed by atoms with Gasteiger partial charge in [0.2, 0.25) is 0 Å². The van der Waals surface area contributed by atoms with E-state index >= 15 is 0 Å². The molecule has 0 saturated heterocycles. The van der Waals surface area contributed by atoms with Crippen LogP contribution in [0.3, 0.4) is 0 Å². The lowest BCUT2D eigenvalue weighted by molar-refractivity contribution is 0.100. The van der Waals surface area contributed by atoms with Crippen molar-refractivity contribution in [3.8, 4) is 11.3 Å². The number of pyridine rings is 1. The number of para-hydroxylation sites is 1. The van der Waals surface area contributed by atoms with Gasteiger partial charge in [-0.15, -0.1) is 0 Å². The summed E-state index contributed by atoms with van der Waals surface area (Å²) >= 11 is 0. The summed E-state index contributed by atoms with van der Waals surface area (Å²) in [6.07, 6.45) is 0. The van der Waals surface area contributed by atoms with E-state index in [9.17, 15) is 4.79 Å². The van der Waals surface area contributed by atoms with Gasteiger partial charge in [0, 0.05) is 10.9 Å². The highest BCUT2D eigenvalue weighted by Crippen LogP contribution is 2.28. The summed E-state index contributed by atoms with van der Waals surface area (Å²) in [5.41, 5.74) is 15.8. The van der Waals surface area contributed by atoms with Crippen molar-refractivity contribution in [2.24, 2.45) is 16.5 Å². The smallest absolute Gasteiger partial charge is 0.280 e. The van der Waals surface area contributed by atoms with Gasteiger partial charge in [0.15, 0.2) is 5.96 Å². The van der Waals surface area contributed by atoms with Crippen molar-refractivity contribution in [1.29, 1.82) is 0 Å². The first kappa shape index (κ1) is 15.7. The van der Waals surface area contributed by atoms with E-state index in [2.05, 4.69) is 11.1 Å². The summed E-state index contributed by atoms with van der Waals surface area (Å²) in [6.45, 7) is 4.06. The molecule has 0 aliphatic rings. The predicted molar refractivity (Wildman–Crippen MR) is 96.8 cm³/mol. The Labute approximate surface area is 140 Å². The first-order valence-electron chi connectivity index (χ1n) is 7.57. The van der Waals surface area contributed by atoms with Crippen LogP contribution in [0.1, 0.15) is 21.5 Å². The number of aryl methyl sites for hydroxylation is 2. The molecule has 0 aliphatic heterocycles. The summed E-state index contributed by atoms with van der Waals surface area (Å²) in [6, 6.07) is 15.3. The van der Waals surface area contributed by atoms with Crippen LogP contribution in [0.4, 0.5) is 0 Å². The molecular weight excluding hydrogens is 300 g/mol. The lowest BCUT2D eigenvalue weighted by Gasteiger charge is -2.10. The number of aromatic nitrogens is 1. The third-order valence-electron chi connectivity index (χ3n) is 3.84. The number of guanidine groups is 1. The first-order chi connectivity index (χ1) is 11.5. The van der Waals surface area contributed by atoms with Crippen LogP contribution in [0.15, 0.2) is 53.5 Å². The maximum absolute atomic E-state index is 12.4. The Morgan fingerprint density at radius 2 is 1.79 bits per heavy atom. The van der Waals surface area contributed by atoms with Gasteiger partial charge < -0.3 is 11.5 Å². The number of amides is 1. The molecule has 24 heavy (non-hydrogen) atoms. The quantitative estimate of drug-likeness (QED) is 0.561. The molecule has 1 amide bonds. The molecule has 0 unspecified atom stereocenters. The molecule has 3 aromatic rings. The molecule has 5 nitrogen and oxygen atoms in total. The molecule has 0 bridgehead atoms.